The lowest BCUT2D eigenvalue weighted by Crippen LogP contribution is -2.29. The minimum atomic E-state index is -5.14. The summed E-state index contributed by atoms with van der Waals surface area (Å²) < 4.78 is 115. The summed E-state index contributed by atoms with van der Waals surface area (Å²) in [5.41, 5.74) is -1.97. The Hall–Kier alpha value is -5.60. The van der Waals surface area contributed by atoms with Crippen LogP contribution in [0.3, 0.4) is 0 Å². The van der Waals surface area contributed by atoms with Crippen LogP contribution in [0.1, 0.15) is 5.56 Å². The molecule has 0 spiro atoms. The van der Waals surface area contributed by atoms with Gasteiger partial charge in [-0.05, 0) is 60.7 Å². The Kier molecular flexibility index (Phi) is 8.59. The van der Waals surface area contributed by atoms with Crippen molar-refractivity contribution in [2.45, 2.75) is 18.7 Å². The molecule has 1 unspecified atom stereocenters. The second-order valence-corrected chi connectivity index (χ2v) is 9.35. The molecular formula is C31H16F8N2O5. The fourth-order valence-electron chi connectivity index (χ4n) is 4.06. The van der Waals surface area contributed by atoms with Gasteiger partial charge in [0, 0.05) is 11.1 Å². The van der Waals surface area contributed by atoms with Gasteiger partial charge in [-0.1, -0.05) is 30.3 Å². The molecule has 2 heterocycles. The molecule has 0 fully saturated rings. The molecule has 7 nitrogen and oxygen atoms in total. The number of hydrogen-bond acceptors (Lipinski definition) is 7. The highest BCUT2D eigenvalue weighted by molar-refractivity contribution is 5.79. The number of rotatable bonds is 4. The van der Waals surface area contributed by atoms with Gasteiger partial charge < -0.3 is 13.6 Å². The van der Waals surface area contributed by atoms with Crippen LogP contribution in [0.25, 0.3) is 44.7 Å². The highest BCUT2D eigenvalue weighted by Crippen LogP contribution is 2.32. The van der Waals surface area contributed by atoms with Crippen molar-refractivity contribution in [2.24, 2.45) is 0 Å². The van der Waals surface area contributed by atoms with Gasteiger partial charge in [0.05, 0.1) is 22.0 Å². The van der Waals surface area contributed by atoms with Crippen LogP contribution in [-0.2, 0) is 6.18 Å². The number of ether oxygens (including phenoxy) is 1. The minimum Gasteiger partial charge on any atom is -0.452 e. The smallest absolute Gasteiger partial charge is 0.452 e. The molecule has 46 heavy (non-hydrogen) atoms. The highest BCUT2D eigenvalue weighted by atomic mass is 19.4. The molecule has 0 amide bonds. The van der Waals surface area contributed by atoms with Crippen LogP contribution >= 0.6 is 0 Å². The zero-order valence-corrected chi connectivity index (χ0v) is 22.7. The van der Waals surface area contributed by atoms with Crippen LogP contribution in [0.15, 0.2) is 109 Å². The van der Waals surface area contributed by atoms with Crippen LogP contribution in [-0.4, -0.2) is 22.5 Å². The Morgan fingerprint density at radius 3 is 1.96 bits per heavy atom. The Labute approximate surface area is 251 Å². The van der Waals surface area contributed by atoms with Crippen molar-refractivity contribution in [3.8, 4) is 28.7 Å². The Morgan fingerprint density at radius 2 is 1.26 bits per heavy atom. The molecule has 15 heteroatoms. The number of para-hydroxylation sites is 1. The van der Waals surface area contributed by atoms with Crippen LogP contribution < -0.4 is 16.0 Å². The maximum absolute atomic E-state index is 13.6. The van der Waals surface area contributed by atoms with Crippen LogP contribution in [0, 0.1) is 5.82 Å². The third kappa shape index (κ3) is 7.03. The highest BCUT2D eigenvalue weighted by Gasteiger charge is 2.42. The largest absolute Gasteiger partial charge is 0.457 e. The number of alkyl halides is 7. The van der Waals surface area contributed by atoms with Gasteiger partial charge in [-0.3, -0.25) is 0 Å². The Bertz CT molecular complexity index is 2160. The molecule has 6 rings (SSSR count). The molecule has 0 bridgehead atoms. The van der Waals surface area contributed by atoms with E-state index >= 15 is 0 Å². The predicted molar refractivity (Wildman–Crippen MR) is 148 cm³/mol. The molecule has 2 aromatic heterocycles. The normalized spacial score (nSPS) is 12.4. The Morgan fingerprint density at radius 1 is 0.674 bits per heavy atom. The van der Waals surface area contributed by atoms with E-state index in [-0.39, 0.29) is 44.9 Å². The predicted octanol–water partition coefficient (Wildman–Crippen LogP) is 8.10. The molecule has 0 radical (unpaired) electrons. The molecule has 0 aliphatic heterocycles. The number of aromatic nitrogens is 2. The summed E-state index contributed by atoms with van der Waals surface area (Å²) in [5.74, 6) is -1.56. The number of halogens is 8. The monoisotopic (exact) mass is 648 g/mol. The van der Waals surface area contributed by atoms with E-state index in [1.54, 1.807) is 18.2 Å². The van der Waals surface area contributed by atoms with E-state index in [1.807, 2.05) is 0 Å². The summed E-state index contributed by atoms with van der Waals surface area (Å²) in [5, 5.41) is -0.0622. The number of fused-ring (bicyclic) bond motifs is 2. The molecule has 0 aliphatic rings. The zero-order chi connectivity index (χ0) is 33.2. The molecule has 0 aliphatic carbocycles. The maximum Gasteiger partial charge on any atom is 0.457 e. The molecule has 4 aromatic carbocycles. The quantitative estimate of drug-likeness (QED) is 0.178. The van der Waals surface area contributed by atoms with Gasteiger partial charge in [0.2, 0.25) is 11.8 Å². The SMILES string of the molecule is O=c1oc(-c2cccc(C(F)(F)F)c2)nc2cccc(F)c12.O=c1oc(-c2cccc(OC(F)C(F)(F)F)c2)nc2ccccc12. The molecule has 0 saturated carbocycles. The van der Waals surface area contributed by atoms with E-state index in [1.165, 1.54) is 42.5 Å². The summed E-state index contributed by atoms with van der Waals surface area (Å²) in [7, 11) is 0. The van der Waals surface area contributed by atoms with Gasteiger partial charge >= 0.3 is 30.0 Å². The maximum atomic E-state index is 13.6. The zero-order valence-electron chi connectivity index (χ0n) is 22.7. The molecule has 0 N–H and O–H groups in total. The van der Waals surface area contributed by atoms with Crippen LogP contribution in [0.2, 0.25) is 0 Å². The van der Waals surface area contributed by atoms with Gasteiger partial charge in [0.25, 0.3) is 0 Å². The van der Waals surface area contributed by atoms with Gasteiger partial charge in [-0.25, -0.2) is 23.9 Å². The second kappa shape index (κ2) is 12.4. The summed E-state index contributed by atoms with van der Waals surface area (Å²) in [6.07, 6.45) is -13.1. The summed E-state index contributed by atoms with van der Waals surface area (Å²) in [6, 6.07) is 19.5. The van der Waals surface area contributed by atoms with Gasteiger partial charge in [0.15, 0.2) is 0 Å². The van der Waals surface area contributed by atoms with E-state index in [4.69, 9.17) is 8.83 Å². The van der Waals surface area contributed by atoms with Gasteiger partial charge in [-0.15, -0.1) is 0 Å². The average molecular weight is 648 g/mol. The summed E-state index contributed by atoms with van der Waals surface area (Å²) in [4.78, 5) is 31.8. The average Bonchev–Trinajstić information content (AvgIpc) is 3.00. The lowest BCUT2D eigenvalue weighted by molar-refractivity contribution is -0.236. The molecule has 6 aromatic rings. The standard InChI is InChI=1S/C16H9F4NO3.C15H7F4NO2/c17-15(16(18,19)20)23-10-5-3-4-9(8-10)13-21-12-7-2-1-6-11(12)14(22)24-13;16-10-5-2-6-11-12(10)14(21)22-13(20-11)8-3-1-4-9(7-8)15(17,18)19/h1-8,15H;1-7H. The van der Waals surface area contributed by atoms with E-state index in [9.17, 15) is 44.7 Å². The third-order valence-electron chi connectivity index (χ3n) is 6.16. The van der Waals surface area contributed by atoms with Gasteiger partial charge in [-0.2, -0.15) is 30.7 Å². The van der Waals surface area contributed by atoms with Crippen molar-refractivity contribution in [3.05, 3.63) is 123 Å². The topological polar surface area (TPSA) is 95.4 Å². The van der Waals surface area contributed by atoms with E-state index < -0.39 is 41.3 Å². The number of benzene rings is 4. The van der Waals surface area contributed by atoms with E-state index in [0.29, 0.717) is 5.52 Å². The second-order valence-electron chi connectivity index (χ2n) is 9.35. The lowest BCUT2D eigenvalue weighted by Gasteiger charge is -2.14. The molecule has 236 valence electrons. The summed E-state index contributed by atoms with van der Waals surface area (Å²) >= 11 is 0. The minimum absolute atomic E-state index is 0.0157. The first-order valence-corrected chi connectivity index (χ1v) is 12.9. The molecule has 1 atom stereocenters. The first-order chi connectivity index (χ1) is 21.7. The van der Waals surface area contributed by atoms with Gasteiger partial charge in [0.1, 0.15) is 17.0 Å². The number of hydrogen-bond donors (Lipinski definition) is 0. The van der Waals surface area contributed by atoms with Crippen molar-refractivity contribution >= 4 is 21.8 Å². The van der Waals surface area contributed by atoms with Crippen molar-refractivity contribution in [3.63, 3.8) is 0 Å². The van der Waals surface area contributed by atoms with Crippen molar-refractivity contribution in [1.82, 2.24) is 9.97 Å². The first-order valence-electron chi connectivity index (χ1n) is 12.9. The molecular weight excluding hydrogens is 632 g/mol. The molecule has 0 saturated heterocycles. The first kappa shape index (κ1) is 31.8. The van der Waals surface area contributed by atoms with Crippen molar-refractivity contribution in [1.29, 1.82) is 0 Å². The van der Waals surface area contributed by atoms with Crippen molar-refractivity contribution < 1.29 is 48.7 Å². The Balaban J connectivity index is 0.000000182. The van der Waals surface area contributed by atoms with Crippen LogP contribution in [0.4, 0.5) is 35.1 Å². The van der Waals surface area contributed by atoms with Crippen LogP contribution in [0.5, 0.6) is 5.75 Å². The number of nitrogens with zero attached hydrogens (tertiary/aromatic N) is 2. The lowest BCUT2D eigenvalue weighted by atomic mass is 10.1. The summed E-state index contributed by atoms with van der Waals surface area (Å²) in [6.45, 7) is 0. The third-order valence-corrected chi connectivity index (χ3v) is 6.16. The van der Waals surface area contributed by atoms with E-state index in [2.05, 4.69) is 14.7 Å². The fourth-order valence-corrected chi connectivity index (χ4v) is 4.06. The van der Waals surface area contributed by atoms with E-state index in [0.717, 1.165) is 30.3 Å². The fraction of sp³-hybridized carbons (Fsp3) is 0.0968. The van der Waals surface area contributed by atoms with Crippen molar-refractivity contribution in [2.75, 3.05) is 0 Å².